The van der Waals surface area contributed by atoms with Gasteiger partial charge in [0.1, 0.15) is 12.2 Å². The first kappa shape index (κ1) is 27.9. The predicted molar refractivity (Wildman–Crippen MR) is 143 cm³/mol. The van der Waals surface area contributed by atoms with Gasteiger partial charge in [-0.2, -0.15) is 0 Å². The molecule has 4 aliphatic heterocycles. The standard InChI is InChI=1S/C30H52N2O4/c1-22(30(34)36-28-20-25-16-17-26(21-28)32(25)3)12-10-8-6-4-5-7-9-11-13-29(33)35-27-18-23-14-15-24(19-27)31(23)2/h22-28H,4-21H2,1-3H3/t22?,23-,24+,25-,26+,27?,28?. The van der Waals surface area contributed by atoms with Gasteiger partial charge in [-0.05, 0) is 78.3 Å². The summed E-state index contributed by atoms with van der Waals surface area (Å²) >= 11 is 0. The van der Waals surface area contributed by atoms with Crippen LogP contribution in [-0.4, -0.2) is 72.2 Å². The van der Waals surface area contributed by atoms with Gasteiger partial charge in [-0.3, -0.25) is 9.59 Å². The van der Waals surface area contributed by atoms with Crippen molar-refractivity contribution in [1.82, 2.24) is 9.80 Å². The Morgan fingerprint density at radius 1 is 0.667 bits per heavy atom. The second kappa shape index (κ2) is 13.6. The van der Waals surface area contributed by atoms with Gasteiger partial charge < -0.3 is 19.3 Å². The number of fused-ring (bicyclic) bond motifs is 4. The first-order valence-corrected chi connectivity index (χ1v) is 15.2. The van der Waals surface area contributed by atoms with E-state index < -0.39 is 0 Å². The molecule has 7 atom stereocenters. The number of rotatable bonds is 14. The molecule has 0 amide bonds. The SMILES string of the molecule is CC(CCCCCCCCCCC(=O)OC1C[C@H]2CC[C@@H](C1)N2C)C(=O)OC1C[C@H]2CC[C@@H](C1)N2C. The number of hydrogen-bond acceptors (Lipinski definition) is 6. The number of nitrogens with zero attached hydrogens (tertiary/aromatic N) is 2. The molecule has 0 saturated carbocycles. The topological polar surface area (TPSA) is 59.1 Å². The van der Waals surface area contributed by atoms with Gasteiger partial charge in [0.2, 0.25) is 0 Å². The fraction of sp³-hybridized carbons (Fsp3) is 0.933. The molecule has 4 bridgehead atoms. The zero-order valence-corrected chi connectivity index (χ0v) is 23.3. The van der Waals surface area contributed by atoms with Crippen molar-refractivity contribution in [2.45, 2.75) is 159 Å². The van der Waals surface area contributed by atoms with Crippen molar-refractivity contribution in [1.29, 1.82) is 0 Å². The summed E-state index contributed by atoms with van der Waals surface area (Å²) in [5.41, 5.74) is 0. The highest BCUT2D eigenvalue weighted by atomic mass is 16.5. The summed E-state index contributed by atoms with van der Waals surface area (Å²) in [6.45, 7) is 2.04. The van der Waals surface area contributed by atoms with E-state index in [0.717, 1.165) is 51.4 Å². The van der Waals surface area contributed by atoms with Crippen molar-refractivity contribution in [2.75, 3.05) is 14.1 Å². The predicted octanol–water partition coefficient (Wildman–Crippen LogP) is 5.86. The molecule has 0 aromatic carbocycles. The number of ether oxygens (including phenoxy) is 2. The maximum absolute atomic E-state index is 12.5. The Morgan fingerprint density at radius 3 is 1.58 bits per heavy atom. The minimum Gasteiger partial charge on any atom is -0.462 e. The van der Waals surface area contributed by atoms with Gasteiger partial charge >= 0.3 is 11.9 Å². The van der Waals surface area contributed by atoms with Crippen LogP contribution in [0.25, 0.3) is 0 Å². The number of piperidine rings is 2. The highest BCUT2D eigenvalue weighted by Gasteiger charge is 2.41. The summed E-state index contributed by atoms with van der Waals surface area (Å²) in [7, 11) is 4.44. The third-order valence-corrected chi connectivity index (χ3v) is 9.86. The van der Waals surface area contributed by atoms with Crippen molar-refractivity contribution in [2.24, 2.45) is 5.92 Å². The van der Waals surface area contributed by atoms with Crippen molar-refractivity contribution in [3.05, 3.63) is 0 Å². The first-order chi connectivity index (χ1) is 17.4. The molecule has 206 valence electrons. The van der Waals surface area contributed by atoms with E-state index in [0.29, 0.717) is 30.6 Å². The molecule has 0 aromatic rings. The number of unbranched alkanes of at least 4 members (excludes halogenated alkanes) is 7. The molecule has 6 heteroatoms. The highest BCUT2D eigenvalue weighted by molar-refractivity contribution is 5.72. The van der Waals surface area contributed by atoms with Crippen LogP contribution in [0.5, 0.6) is 0 Å². The Bertz CT molecular complexity index is 687. The van der Waals surface area contributed by atoms with Crippen LogP contribution in [0.15, 0.2) is 0 Å². The van der Waals surface area contributed by atoms with Gasteiger partial charge in [0.25, 0.3) is 0 Å². The molecule has 4 heterocycles. The molecule has 3 unspecified atom stereocenters. The van der Waals surface area contributed by atoms with Crippen LogP contribution in [0.2, 0.25) is 0 Å². The summed E-state index contributed by atoms with van der Waals surface area (Å²) in [5.74, 6) is 0.0529. The molecule has 0 N–H and O–H groups in total. The van der Waals surface area contributed by atoms with Gasteiger partial charge in [-0.15, -0.1) is 0 Å². The van der Waals surface area contributed by atoms with Crippen LogP contribution < -0.4 is 0 Å². The van der Waals surface area contributed by atoms with Crippen LogP contribution >= 0.6 is 0 Å². The molecule has 0 radical (unpaired) electrons. The van der Waals surface area contributed by atoms with Gasteiger partial charge in [-0.1, -0.05) is 51.9 Å². The summed E-state index contributed by atoms with van der Waals surface area (Å²) < 4.78 is 11.7. The molecule has 36 heavy (non-hydrogen) atoms. The maximum Gasteiger partial charge on any atom is 0.308 e. The van der Waals surface area contributed by atoms with E-state index in [1.165, 1.54) is 57.8 Å². The Kier molecular flexibility index (Phi) is 10.5. The third-order valence-electron chi connectivity index (χ3n) is 9.86. The average molecular weight is 505 g/mol. The quantitative estimate of drug-likeness (QED) is 0.218. The van der Waals surface area contributed by atoms with Gasteiger partial charge in [0.05, 0.1) is 5.92 Å². The van der Waals surface area contributed by atoms with Crippen LogP contribution in [0, 0.1) is 5.92 Å². The monoisotopic (exact) mass is 504 g/mol. The molecule has 4 fully saturated rings. The van der Waals surface area contributed by atoms with Crippen molar-refractivity contribution in [3.63, 3.8) is 0 Å². The lowest BCUT2D eigenvalue weighted by atomic mass is 9.99. The van der Waals surface area contributed by atoms with Crippen molar-refractivity contribution < 1.29 is 19.1 Å². The lowest BCUT2D eigenvalue weighted by Crippen LogP contribution is -2.43. The summed E-state index contributed by atoms with van der Waals surface area (Å²) in [6.07, 6.45) is 20.3. The van der Waals surface area contributed by atoms with Gasteiger partial charge in [-0.25, -0.2) is 0 Å². The molecule has 0 aromatic heterocycles. The Morgan fingerprint density at radius 2 is 1.08 bits per heavy atom. The molecule has 0 aliphatic carbocycles. The minimum atomic E-state index is 0.0137. The molecule has 4 rings (SSSR count). The maximum atomic E-state index is 12.5. The highest BCUT2D eigenvalue weighted by Crippen LogP contribution is 2.36. The van der Waals surface area contributed by atoms with Gasteiger partial charge in [0.15, 0.2) is 0 Å². The molecule has 4 saturated heterocycles. The smallest absolute Gasteiger partial charge is 0.308 e. The summed E-state index contributed by atoms with van der Waals surface area (Å²) in [6, 6.07) is 2.48. The third kappa shape index (κ3) is 7.69. The fourth-order valence-electron chi connectivity index (χ4n) is 7.34. The van der Waals surface area contributed by atoms with Crippen LogP contribution in [0.4, 0.5) is 0 Å². The number of carbonyl (C=O) groups excluding carboxylic acids is 2. The lowest BCUT2D eigenvalue weighted by Gasteiger charge is -2.36. The largest absolute Gasteiger partial charge is 0.462 e. The van der Waals surface area contributed by atoms with Crippen LogP contribution in [0.1, 0.15) is 122 Å². The number of esters is 2. The average Bonchev–Trinajstić information content (AvgIpc) is 3.17. The van der Waals surface area contributed by atoms with E-state index >= 15 is 0 Å². The Hall–Kier alpha value is -1.14. The number of carbonyl (C=O) groups is 2. The van der Waals surface area contributed by atoms with Crippen molar-refractivity contribution >= 4 is 11.9 Å². The fourth-order valence-corrected chi connectivity index (χ4v) is 7.34. The first-order valence-electron chi connectivity index (χ1n) is 15.2. The van der Waals surface area contributed by atoms with E-state index in [9.17, 15) is 9.59 Å². The summed E-state index contributed by atoms with van der Waals surface area (Å²) in [4.78, 5) is 29.7. The second-order valence-corrected chi connectivity index (χ2v) is 12.5. The molecular formula is C30H52N2O4. The Labute approximate surface area is 219 Å². The normalized spacial score (nSPS) is 33.0. The van der Waals surface area contributed by atoms with E-state index in [1.54, 1.807) is 0 Å². The van der Waals surface area contributed by atoms with Gasteiger partial charge in [0, 0.05) is 30.6 Å². The zero-order valence-electron chi connectivity index (χ0n) is 23.3. The van der Waals surface area contributed by atoms with E-state index in [4.69, 9.17) is 9.47 Å². The minimum absolute atomic E-state index is 0.0137. The summed E-state index contributed by atoms with van der Waals surface area (Å²) in [5, 5.41) is 0. The second-order valence-electron chi connectivity index (χ2n) is 12.5. The van der Waals surface area contributed by atoms with E-state index in [1.807, 2.05) is 6.92 Å². The molecular weight excluding hydrogens is 452 g/mol. The lowest BCUT2D eigenvalue weighted by molar-refractivity contribution is -0.157. The Balaban J connectivity index is 0.939. The van der Waals surface area contributed by atoms with Crippen LogP contribution in [-0.2, 0) is 19.1 Å². The zero-order chi connectivity index (χ0) is 25.5. The number of hydrogen-bond donors (Lipinski definition) is 0. The molecule has 6 nitrogen and oxygen atoms in total. The van der Waals surface area contributed by atoms with E-state index in [-0.39, 0.29) is 30.1 Å². The molecule has 4 aliphatic rings. The van der Waals surface area contributed by atoms with Crippen LogP contribution in [0.3, 0.4) is 0 Å². The van der Waals surface area contributed by atoms with E-state index in [2.05, 4.69) is 23.9 Å². The van der Waals surface area contributed by atoms with Crippen molar-refractivity contribution in [3.8, 4) is 0 Å². The molecule has 0 spiro atoms.